The molecule has 3 heteroatoms. The lowest BCUT2D eigenvalue weighted by Gasteiger charge is -2.22. The van der Waals surface area contributed by atoms with Crippen molar-refractivity contribution in [3.05, 3.63) is 0 Å². The summed E-state index contributed by atoms with van der Waals surface area (Å²) in [7, 11) is 1.68. The van der Waals surface area contributed by atoms with Gasteiger partial charge in [0.2, 0.25) is 0 Å². The molecular weight excluding hydrogens is 154 g/mol. The molecule has 0 atom stereocenters. The van der Waals surface area contributed by atoms with E-state index >= 15 is 0 Å². The van der Waals surface area contributed by atoms with E-state index < -0.39 is 0 Å². The summed E-state index contributed by atoms with van der Waals surface area (Å²) in [5.41, 5.74) is 3.08. The molecule has 1 aliphatic carbocycles. The lowest BCUT2D eigenvalue weighted by molar-refractivity contribution is -0.0181. The van der Waals surface area contributed by atoms with E-state index in [1.54, 1.807) is 7.11 Å². The van der Waals surface area contributed by atoms with Crippen LogP contribution in [0.2, 0.25) is 0 Å². The van der Waals surface area contributed by atoms with Crippen LogP contribution < -0.4 is 5.48 Å². The van der Waals surface area contributed by atoms with Gasteiger partial charge in [-0.05, 0) is 12.8 Å². The van der Waals surface area contributed by atoms with Crippen LogP contribution in [0.3, 0.4) is 0 Å². The number of nitrogens with one attached hydrogen (secondary N) is 1. The average Bonchev–Trinajstić information content (AvgIpc) is 2.14. The predicted molar refractivity (Wildman–Crippen MR) is 47.8 cm³/mol. The van der Waals surface area contributed by atoms with Crippen LogP contribution in [-0.4, -0.2) is 26.4 Å². The van der Waals surface area contributed by atoms with E-state index in [2.05, 4.69) is 5.48 Å². The molecule has 0 unspecified atom stereocenters. The van der Waals surface area contributed by atoms with Crippen LogP contribution in [-0.2, 0) is 9.57 Å². The summed E-state index contributed by atoms with van der Waals surface area (Å²) in [5.74, 6) is 0. The summed E-state index contributed by atoms with van der Waals surface area (Å²) in [6, 6.07) is 0.579. The Kier molecular flexibility index (Phi) is 5.32. The van der Waals surface area contributed by atoms with Crippen LogP contribution in [0.4, 0.5) is 0 Å². The molecule has 1 rings (SSSR count). The molecule has 0 spiro atoms. The molecule has 1 aliphatic rings. The van der Waals surface area contributed by atoms with Crippen LogP contribution >= 0.6 is 0 Å². The zero-order chi connectivity index (χ0) is 8.65. The summed E-state index contributed by atoms with van der Waals surface area (Å²) in [6.45, 7) is 1.31. The van der Waals surface area contributed by atoms with E-state index in [0.29, 0.717) is 19.3 Å². The minimum Gasteiger partial charge on any atom is -0.382 e. The van der Waals surface area contributed by atoms with E-state index in [4.69, 9.17) is 9.57 Å². The SMILES string of the molecule is COCCONC1CCCCC1. The first-order valence-electron chi connectivity index (χ1n) is 4.79. The summed E-state index contributed by atoms with van der Waals surface area (Å²) < 4.78 is 4.87. The molecular formula is C9H19NO2. The van der Waals surface area contributed by atoms with Gasteiger partial charge in [0.15, 0.2) is 0 Å². The highest BCUT2D eigenvalue weighted by atomic mass is 16.7. The smallest absolute Gasteiger partial charge is 0.0915 e. The molecule has 0 radical (unpaired) electrons. The van der Waals surface area contributed by atoms with Crippen LogP contribution in [0.1, 0.15) is 32.1 Å². The zero-order valence-corrected chi connectivity index (χ0v) is 7.84. The molecule has 0 aromatic rings. The molecule has 0 aliphatic heterocycles. The molecule has 3 nitrogen and oxygen atoms in total. The normalized spacial score (nSPS) is 19.8. The minimum atomic E-state index is 0.579. The van der Waals surface area contributed by atoms with Crippen LogP contribution in [0.25, 0.3) is 0 Å². The van der Waals surface area contributed by atoms with Gasteiger partial charge in [-0.15, -0.1) is 0 Å². The van der Waals surface area contributed by atoms with Crippen LogP contribution in [0.5, 0.6) is 0 Å². The first-order chi connectivity index (χ1) is 5.93. The quantitative estimate of drug-likeness (QED) is 0.504. The van der Waals surface area contributed by atoms with Gasteiger partial charge in [-0.3, -0.25) is 4.84 Å². The number of rotatable bonds is 5. The van der Waals surface area contributed by atoms with Gasteiger partial charge in [0, 0.05) is 13.2 Å². The fourth-order valence-electron chi connectivity index (χ4n) is 1.52. The van der Waals surface area contributed by atoms with E-state index in [1.165, 1.54) is 32.1 Å². The third kappa shape index (κ3) is 4.04. The Hall–Kier alpha value is -0.120. The lowest BCUT2D eigenvalue weighted by atomic mass is 9.96. The molecule has 1 saturated carbocycles. The maximum atomic E-state index is 5.24. The average molecular weight is 173 g/mol. The van der Waals surface area contributed by atoms with Gasteiger partial charge >= 0.3 is 0 Å². The van der Waals surface area contributed by atoms with Crippen molar-refractivity contribution in [1.29, 1.82) is 0 Å². The van der Waals surface area contributed by atoms with E-state index in [0.717, 1.165) is 0 Å². The molecule has 0 amide bonds. The number of methoxy groups -OCH3 is 1. The molecule has 0 bridgehead atoms. The lowest BCUT2D eigenvalue weighted by Crippen LogP contribution is -2.32. The van der Waals surface area contributed by atoms with Crippen molar-refractivity contribution in [2.75, 3.05) is 20.3 Å². The first kappa shape index (κ1) is 9.96. The fraction of sp³-hybridized carbons (Fsp3) is 1.00. The van der Waals surface area contributed by atoms with Gasteiger partial charge in [-0.1, -0.05) is 19.3 Å². The second kappa shape index (κ2) is 6.40. The number of ether oxygens (including phenoxy) is 1. The van der Waals surface area contributed by atoms with Crippen molar-refractivity contribution in [1.82, 2.24) is 5.48 Å². The number of hydroxylamine groups is 1. The summed E-state index contributed by atoms with van der Waals surface area (Å²) in [6.07, 6.45) is 6.58. The van der Waals surface area contributed by atoms with Crippen molar-refractivity contribution in [2.45, 2.75) is 38.1 Å². The van der Waals surface area contributed by atoms with Gasteiger partial charge in [0.1, 0.15) is 0 Å². The second-order valence-corrected chi connectivity index (χ2v) is 3.29. The molecule has 0 heterocycles. The minimum absolute atomic E-state index is 0.579. The van der Waals surface area contributed by atoms with Gasteiger partial charge in [0.25, 0.3) is 0 Å². The largest absolute Gasteiger partial charge is 0.382 e. The Morgan fingerprint density at radius 2 is 1.92 bits per heavy atom. The van der Waals surface area contributed by atoms with Gasteiger partial charge in [0.05, 0.1) is 13.2 Å². The molecule has 0 saturated heterocycles. The Balaban J connectivity index is 1.91. The van der Waals surface area contributed by atoms with Crippen LogP contribution in [0.15, 0.2) is 0 Å². The van der Waals surface area contributed by atoms with E-state index in [1.807, 2.05) is 0 Å². The number of hydrogen-bond donors (Lipinski definition) is 1. The Morgan fingerprint density at radius 3 is 2.58 bits per heavy atom. The van der Waals surface area contributed by atoms with E-state index in [-0.39, 0.29) is 0 Å². The Labute approximate surface area is 74.4 Å². The molecule has 0 aromatic heterocycles. The highest BCUT2D eigenvalue weighted by molar-refractivity contribution is 4.67. The first-order valence-corrected chi connectivity index (χ1v) is 4.79. The molecule has 0 aromatic carbocycles. The summed E-state index contributed by atoms with van der Waals surface area (Å²) in [5, 5.41) is 0. The summed E-state index contributed by atoms with van der Waals surface area (Å²) >= 11 is 0. The molecule has 72 valence electrons. The second-order valence-electron chi connectivity index (χ2n) is 3.29. The van der Waals surface area contributed by atoms with Crippen molar-refractivity contribution in [2.24, 2.45) is 0 Å². The van der Waals surface area contributed by atoms with Gasteiger partial charge < -0.3 is 4.74 Å². The topological polar surface area (TPSA) is 30.5 Å². The van der Waals surface area contributed by atoms with E-state index in [9.17, 15) is 0 Å². The van der Waals surface area contributed by atoms with Gasteiger partial charge in [-0.25, -0.2) is 0 Å². The van der Waals surface area contributed by atoms with Crippen LogP contribution in [0, 0.1) is 0 Å². The monoisotopic (exact) mass is 173 g/mol. The molecule has 12 heavy (non-hydrogen) atoms. The Bertz CT molecular complexity index is 103. The maximum Gasteiger partial charge on any atom is 0.0915 e. The zero-order valence-electron chi connectivity index (χ0n) is 7.84. The maximum absolute atomic E-state index is 5.24. The van der Waals surface area contributed by atoms with Crippen molar-refractivity contribution in [3.63, 3.8) is 0 Å². The van der Waals surface area contributed by atoms with Crippen molar-refractivity contribution >= 4 is 0 Å². The van der Waals surface area contributed by atoms with Crippen molar-refractivity contribution < 1.29 is 9.57 Å². The molecule has 1 N–H and O–H groups in total. The predicted octanol–water partition coefficient (Wildman–Crippen LogP) is 1.49. The highest BCUT2D eigenvalue weighted by Gasteiger charge is 2.12. The highest BCUT2D eigenvalue weighted by Crippen LogP contribution is 2.16. The standard InChI is InChI=1S/C9H19NO2/c1-11-7-8-12-10-9-5-3-2-4-6-9/h9-10H,2-8H2,1H3. The van der Waals surface area contributed by atoms with Gasteiger partial charge in [-0.2, -0.15) is 5.48 Å². The summed E-state index contributed by atoms with van der Waals surface area (Å²) in [4.78, 5) is 5.24. The van der Waals surface area contributed by atoms with Crippen molar-refractivity contribution in [3.8, 4) is 0 Å². The Morgan fingerprint density at radius 1 is 1.17 bits per heavy atom. The fourth-order valence-corrected chi connectivity index (χ4v) is 1.52. The number of hydrogen-bond acceptors (Lipinski definition) is 3. The molecule has 1 fully saturated rings. The third-order valence-electron chi connectivity index (χ3n) is 2.24. The third-order valence-corrected chi connectivity index (χ3v) is 2.24.